The third-order valence-electron chi connectivity index (χ3n) is 4.40. The molecule has 1 amide bonds. The maximum Gasteiger partial charge on any atom is 0.228 e. The first kappa shape index (κ1) is 14.5. The normalized spacial score (nSPS) is 11.0. The minimum atomic E-state index is 0.000728. The highest BCUT2D eigenvalue weighted by Gasteiger charge is 2.09. The van der Waals surface area contributed by atoms with Gasteiger partial charge in [0.15, 0.2) is 0 Å². The topological polar surface area (TPSA) is 34.0 Å². The van der Waals surface area contributed by atoms with Gasteiger partial charge in [-0.2, -0.15) is 0 Å². The Morgan fingerprint density at radius 2 is 1.58 bits per heavy atom. The highest BCUT2D eigenvalue weighted by molar-refractivity contribution is 6.09. The van der Waals surface area contributed by atoms with E-state index in [-0.39, 0.29) is 5.91 Å². The first-order valence-electron chi connectivity index (χ1n) is 8.03. The minimum absolute atomic E-state index is 0.000728. The van der Waals surface area contributed by atoms with E-state index in [1.165, 1.54) is 10.9 Å². The Balaban J connectivity index is 1.65. The fourth-order valence-electron chi connectivity index (χ4n) is 3.23. The zero-order valence-corrected chi connectivity index (χ0v) is 13.5. The summed E-state index contributed by atoms with van der Waals surface area (Å²) in [4.78, 5) is 12.3. The van der Waals surface area contributed by atoms with E-state index in [4.69, 9.17) is 0 Å². The molecule has 0 saturated carbocycles. The lowest BCUT2D eigenvalue weighted by atomic mass is 10.1. The molecular formula is C21H18N2O. The number of nitrogens with one attached hydrogen (secondary N) is 1. The van der Waals surface area contributed by atoms with Crippen LogP contribution in [0.15, 0.2) is 72.8 Å². The van der Waals surface area contributed by atoms with Crippen molar-refractivity contribution in [2.75, 3.05) is 5.32 Å². The SMILES string of the molecule is Cn1c2ccccc2c2cc(NC(=O)Cc3ccccc3)ccc21. The van der Waals surface area contributed by atoms with Crippen LogP contribution in [-0.4, -0.2) is 10.5 Å². The number of aromatic nitrogens is 1. The smallest absolute Gasteiger partial charge is 0.228 e. The van der Waals surface area contributed by atoms with Crippen LogP contribution in [0, 0.1) is 0 Å². The van der Waals surface area contributed by atoms with Crippen LogP contribution in [0.25, 0.3) is 21.8 Å². The van der Waals surface area contributed by atoms with E-state index >= 15 is 0 Å². The van der Waals surface area contributed by atoms with Gasteiger partial charge in [0, 0.05) is 34.5 Å². The summed E-state index contributed by atoms with van der Waals surface area (Å²) in [5, 5.41) is 5.37. The molecule has 0 aliphatic carbocycles. The van der Waals surface area contributed by atoms with Crippen molar-refractivity contribution >= 4 is 33.4 Å². The molecular weight excluding hydrogens is 296 g/mol. The molecule has 4 aromatic rings. The van der Waals surface area contributed by atoms with Gasteiger partial charge in [0.2, 0.25) is 5.91 Å². The third kappa shape index (κ3) is 2.54. The van der Waals surface area contributed by atoms with E-state index in [0.29, 0.717) is 6.42 Å². The number of hydrogen-bond donors (Lipinski definition) is 1. The van der Waals surface area contributed by atoms with Crippen molar-refractivity contribution in [3.05, 3.63) is 78.4 Å². The average Bonchev–Trinajstić information content (AvgIpc) is 2.89. The molecule has 0 atom stereocenters. The van der Waals surface area contributed by atoms with Crippen LogP contribution in [0.2, 0.25) is 0 Å². The molecule has 0 spiro atoms. The maximum absolute atomic E-state index is 12.3. The molecule has 1 aromatic heterocycles. The van der Waals surface area contributed by atoms with Crippen LogP contribution in [-0.2, 0) is 18.3 Å². The van der Waals surface area contributed by atoms with Gasteiger partial charge < -0.3 is 9.88 Å². The number of benzene rings is 3. The van der Waals surface area contributed by atoms with E-state index in [1.54, 1.807) is 0 Å². The summed E-state index contributed by atoms with van der Waals surface area (Å²) in [6, 6.07) is 24.2. The number of hydrogen-bond acceptors (Lipinski definition) is 1. The first-order valence-corrected chi connectivity index (χ1v) is 8.03. The van der Waals surface area contributed by atoms with Gasteiger partial charge in [-0.3, -0.25) is 4.79 Å². The Morgan fingerprint density at radius 1 is 0.875 bits per heavy atom. The van der Waals surface area contributed by atoms with Gasteiger partial charge in [0.1, 0.15) is 0 Å². The number of fused-ring (bicyclic) bond motifs is 3. The van der Waals surface area contributed by atoms with E-state index in [0.717, 1.165) is 22.2 Å². The van der Waals surface area contributed by atoms with Gasteiger partial charge in [0.25, 0.3) is 0 Å². The molecule has 0 radical (unpaired) electrons. The second kappa shape index (κ2) is 5.85. The Bertz CT molecular complexity index is 1030. The van der Waals surface area contributed by atoms with Gasteiger partial charge in [-0.1, -0.05) is 48.5 Å². The molecule has 3 nitrogen and oxygen atoms in total. The van der Waals surface area contributed by atoms with Crippen molar-refractivity contribution in [2.45, 2.75) is 6.42 Å². The lowest BCUT2D eigenvalue weighted by Gasteiger charge is -2.06. The largest absolute Gasteiger partial charge is 0.344 e. The summed E-state index contributed by atoms with van der Waals surface area (Å²) in [5.74, 6) is 0.000728. The number of anilines is 1. The molecule has 0 fully saturated rings. The predicted octanol–water partition coefficient (Wildman–Crippen LogP) is 4.51. The van der Waals surface area contributed by atoms with Crippen molar-refractivity contribution in [3.8, 4) is 0 Å². The number of aryl methyl sites for hydroxylation is 1. The molecule has 4 rings (SSSR count). The van der Waals surface area contributed by atoms with Gasteiger partial charge in [-0.15, -0.1) is 0 Å². The Hall–Kier alpha value is -3.07. The van der Waals surface area contributed by atoms with E-state index in [2.05, 4.69) is 41.2 Å². The van der Waals surface area contributed by atoms with E-state index < -0.39 is 0 Å². The van der Waals surface area contributed by atoms with Crippen molar-refractivity contribution in [1.29, 1.82) is 0 Å². The minimum Gasteiger partial charge on any atom is -0.344 e. The zero-order valence-electron chi connectivity index (χ0n) is 13.5. The Morgan fingerprint density at radius 3 is 2.42 bits per heavy atom. The number of amides is 1. The molecule has 1 N–H and O–H groups in total. The summed E-state index contributed by atoms with van der Waals surface area (Å²) in [6.45, 7) is 0. The fourth-order valence-corrected chi connectivity index (χ4v) is 3.23. The third-order valence-corrected chi connectivity index (χ3v) is 4.40. The van der Waals surface area contributed by atoms with Crippen molar-refractivity contribution in [1.82, 2.24) is 4.57 Å². The molecule has 1 heterocycles. The summed E-state index contributed by atoms with van der Waals surface area (Å²) in [5.41, 5.74) is 4.21. The van der Waals surface area contributed by atoms with Gasteiger partial charge >= 0.3 is 0 Å². The molecule has 3 aromatic carbocycles. The number of carbonyl (C=O) groups excluding carboxylic acids is 1. The average molecular weight is 314 g/mol. The molecule has 3 heteroatoms. The molecule has 0 aliphatic rings. The summed E-state index contributed by atoms with van der Waals surface area (Å²) < 4.78 is 2.18. The first-order chi connectivity index (χ1) is 11.7. The molecule has 24 heavy (non-hydrogen) atoms. The Labute approximate surface area is 140 Å². The molecule has 0 bridgehead atoms. The quantitative estimate of drug-likeness (QED) is 0.593. The molecule has 118 valence electrons. The number of para-hydroxylation sites is 1. The van der Waals surface area contributed by atoms with Crippen LogP contribution in [0.1, 0.15) is 5.56 Å². The fraction of sp³-hybridized carbons (Fsp3) is 0.0952. The standard InChI is InChI=1S/C21H18N2O/c1-23-19-10-6-5-9-17(19)18-14-16(11-12-20(18)23)22-21(24)13-15-7-3-2-4-8-15/h2-12,14H,13H2,1H3,(H,22,24). The predicted molar refractivity (Wildman–Crippen MR) is 99.2 cm³/mol. The van der Waals surface area contributed by atoms with Crippen molar-refractivity contribution in [3.63, 3.8) is 0 Å². The highest BCUT2D eigenvalue weighted by atomic mass is 16.1. The summed E-state index contributed by atoms with van der Waals surface area (Å²) in [7, 11) is 2.07. The van der Waals surface area contributed by atoms with Gasteiger partial charge in [0.05, 0.1) is 6.42 Å². The summed E-state index contributed by atoms with van der Waals surface area (Å²) in [6.07, 6.45) is 0.383. The van der Waals surface area contributed by atoms with E-state index in [1.807, 2.05) is 48.5 Å². The highest BCUT2D eigenvalue weighted by Crippen LogP contribution is 2.30. The maximum atomic E-state index is 12.3. The molecule has 0 aliphatic heterocycles. The lowest BCUT2D eigenvalue weighted by Crippen LogP contribution is -2.14. The molecule has 0 saturated heterocycles. The van der Waals surface area contributed by atoms with Crippen LogP contribution in [0.3, 0.4) is 0 Å². The van der Waals surface area contributed by atoms with Crippen LogP contribution in [0.4, 0.5) is 5.69 Å². The number of nitrogens with zero attached hydrogens (tertiary/aromatic N) is 1. The van der Waals surface area contributed by atoms with E-state index in [9.17, 15) is 4.79 Å². The zero-order chi connectivity index (χ0) is 16.5. The number of rotatable bonds is 3. The summed E-state index contributed by atoms with van der Waals surface area (Å²) >= 11 is 0. The molecule has 0 unspecified atom stereocenters. The monoisotopic (exact) mass is 314 g/mol. The van der Waals surface area contributed by atoms with Gasteiger partial charge in [-0.05, 0) is 29.8 Å². The van der Waals surface area contributed by atoms with Crippen molar-refractivity contribution in [2.24, 2.45) is 7.05 Å². The number of carbonyl (C=O) groups is 1. The lowest BCUT2D eigenvalue weighted by molar-refractivity contribution is -0.115. The van der Waals surface area contributed by atoms with Crippen LogP contribution in [0.5, 0.6) is 0 Å². The van der Waals surface area contributed by atoms with Crippen LogP contribution < -0.4 is 5.32 Å². The second-order valence-electron chi connectivity index (χ2n) is 6.02. The van der Waals surface area contributed by atoms with Crippen LogP contribution >= 0.6 is 0 Å². The Kier molecular flexibility index (Phi) is 3.54. The second-order valence-corrected chi connectivity index (χ2v) is 6.02. The van der Waals surface area contributed by atoms with Gasteiger partial charge in [-0.25, -0.2) is 0 Å². The van der Waals surface area contributed by atoms with Crippen molar-refractivity contribution < 1.29 is 4.79 Å².